The summed E-state index contributed by atoms with van der Waals surface area (Å²) in [5.74, 6) is 2.49. The fourth-order valence-corrected chi connectivity index (χ4v) is 1.56. The van der Waals surface area contributed by atoms with E-state index in [1.807, 2.05) is 18.2 Å². The number of halogens is 1. The molecule has 1 aromatic heterocycles. The molecule has 0 fully saturated rings. The van der Waals surface area contributed by atoms with Crippen molar-refractivity contribution in [3.05, 3.63) is 47.7 Å². The van der Waals surface area contributed by atoms with Gasteiger partial charge in [0.05, 0.1) is 6.54 Å². The van der Waals surface area contributed by atoms with Crippen LogP contribution in [0.3, 0.4) is 0 Å². The van der Waals surface area contributed by atoms with E-state index in [1.165, 1.54) is 5.56 Å². The molecule has 0 aliphatic rings. The fourth-order valence-electron chi connectivity index (χ4n) is 1.56. The molecule has 0 amide bonds. The summed E-state index contributed by atoms with van der Waals surface area (Å²) >= 11 is 0. The van der Waals surface area contributed by atoms with E-state index < -0.39 is 0 Å². The molecule has 2 aromatic rings. The zero-order chi connectivity index (χ0) is 12.3. The van der Waals surface area contributed by atoms with Gasteiger partial charge in [-0.15, -0.1) is 12.4 Å². The lowest BCUT2D eigenvalue weighted by Gasteiger charge is -2.06. The second-order valence-corrected chi connectivity index (χ2v) is 4.25. The van der Waals surface area contributed by atoms with Crippen LogP contribution in [0.15, 0.2) is 40.8 Å². The third-order valence-corrected chi connectivity index (χ3v) is 2.60. The number of furan rings is 1. The minimum atomic E-state index is 0. The Morgan fingerprint density at radius 1 is 1.11 bits per heavy atom. The number of hydrogen-bond donors (Lipinski definition) is 1. The molecule has 3 nitrogen and oxygen atoms in total. The fraction of sp³-hybridized carbons (Fsp3) is 0.286. The van der Waals surface area contributed by atoms with Crippen LogP contribution < -0.4 is 10.5 Å². The first kappa shape index (κ1) is 14.6. The molecule has 0 saturated heterocycles. The summed E-state index contributed by atoms with van der Waals surface area (Å²) < 4.78 is 10.9. The topological polar surface area (TPSA) is 48.4 Å². The van der Waals surface area contributed by atoms with E-state index in [1.54, 1.807) is 6.07 Å². The van der Waals surface area contributed by atoms with E-state index in [2.05, 4.69) is 26.0 Å². The average molecular weight is 268 g/mol. The summed E-state index contributed by atoms with van der Waals surface area (Å²) in [7, 11) is 0. The number of rotatable bonds is 4. The van der Waals surface area contributed by atoms with Gasteiger partial charge < -0.3 is 14.9 Å². The lowest BCUT2D eigenvalue weighted by atomic mass is 10.0. The zero-order valence-corrected chi connectivity index (χ0v) is 11.4. The largest absolute Gasteiger partial charge is 0.429 e. The van der Waals surface area contributed by atoms with Crippen LogP contribution in [0.4, 0.5) is 0 Å². The van der Waals surface area contributed by atoms with Crippen molar-refractivity contribution in [2.75, 3.05) is 0 Å². The van der Waals surface area contributed by atoms with Crippen LogP contribution >= 0.6 is 12.4 Å². The summed E-state index contributed by atoms with van der Waals surface area (Å²) in [4.78, 5) is 0. The molecule has 0 bridgehead atoms. The van der Waals surface area contributed by atoms with Crippen molar-refractivity contribution in [3.8, 4) is 11.7 Å². The van der Waals surface area contributed by atoms with Crippen LogP contribution in [0.25, 0.3) is 0 Å². The zero-order valence-electron chi connectivity index (χ0n) is 10.6. The third kappa shape index (κ3) is 3.52. The smallest absolute Gasteiger partial charge is 0.290 e. The Labute approximate surface area is 113 Å². The van der Waals surface area contributed by atoms with Gasteiger partial charge >= 0.3 is 0 Å². The van der Waals surface area contributed by atoms with Gasteiger partial charge in [0, 0.05) is 6.07 Å². The molecular weight excluding hydrogens is 250 g/mol. The monoisotopic (exact) mass is 267 g/mol. The van der Waals surface area contributed by atoms with Gasteiger partial charge in [0.25, 0.3) is 5.95 Å². The van der Waals surface area contributed by atoms with Crippen molar-refractivity contribution in [1.82, 2.24) is 0 Å². The molecule has 0 aliphatic heterocycles. The van der Waals surface area contributed by atoms with Gasteiger partial charge in [-0.2, -0.15) is 0 Å². The number of hydrogen-bond acceptors (Lipinski definition) is 3. The van der Waals surface area contributed by atoms with E-state index in [9.17, 15) is 0 Å². The Bertz CT molecular complexity index is 477. The van der Waals surface area contributed by atoms with Crippen LogP contribution in [0.5, 0.6) is 11.7 Å². The summed E-state index contributed by atoms with van der Waals surface area (Å²) in [6.45, 7) is 4.71. The molecule has 0 atom stereocenters. The number of benzene rings is 1. The van der Waals surface area contributed by atoms with Crippen molar-refractivity contribution in [2.24, 2.45) is 5.73 Å². The standard InChI is InChI=1S/C14H17NO2.ClH/c1-10(2)11-3-5-12(6-4-11)16-14-8-7-13(9-15)17-14;/h3-8,10H,9,15H2,1-2H3;1H. The van der Waals surface area contributed by atoms with Crippen LogP contribution in [-0.2, 0) is 6.54 Å². The van der Waals surface area contributed by atoms with Gasteiger partial charge in [-0.25, -0.2) is 0 Å². The molecular formula is C14H18ClNO2. The van der Waals surface area contributed by atoms with Gasteiger partial charge in [0.1, 0.15) is 11.5 Å². The maximum atomic E-state index is 5.57. The summed E-state index contributed by atoms with van der Waals surface area (Å²) in [6, 6.07) is 11.6. The van der Waals surface area contributed by atoms with Crippen molar-refractivity contribution in [3.63, 3.8) is 0 Å². The first-order valence-corrected chi connectivity index (χ1v) is 5.75. The van der Waals surface area contributed by atoms with E-state index in [0.717, 1.165) is 11.5 Å². The van der Waals surface area contributed by atoms with E-state index in [0.29, 0.717) is 18.4 Å². The Kier molecular flexibility index (Phi) is 5.25. The molecule has 2 rings (SSSR count). The van der Waals surface area contributed by atoms with E-state index in [-0.39, 0.29) is 12.4 Å². The summed E-state index contributed by atoms with van der Waals surface area (Å²) in [5.41, 5.74) is 6.75. The minimum absolute atomic E-state index is 0. The maximum absolute atomic E-state index is 5.57. The minimum Gasteiger partial charge on any atom is -0.429 e. The predicted molar refractivity (Wildman–Crippen MR) is 74.5 cm³/mol. The summed E-state index contributed by atoms with van der Waals surface area (Å²) in [6.07, 6.45) is 0. The number of ether oxygens (including phenoxy) is 1. The van der Waals surface area contributed by atoms with Crippen LogP contribution in [0.1, 0.15) is 31.1 Å². The van der Waals surface area contributed by atoms with Gasteiger partial charge in [-0.1, -0.05) is 26.0 Å². The highest BCUT2D eigenvalue weighted by Crippen LogP contribution is 2.25. The molecule has 0 spiro atoms. The highest BCUT2D eigenvalue weighted by molar-refractivity contribution is 5.85. The molecule has 1 heterocycles. The predicted octanol–water partition coefficient (Wildman–Crippen LogP) is 4.08. The summed E-state index contributed by atoms with van der Waals surface area (Å²) in [5, 5.41) is 0. The molecule has 0 saturated carbocycles. The Morgan fingerprint density at radius 2 is 1.78 bits per heavy atom. The first-order valence-electron chi connectivity index (χ1n) is 5.75. The van der Waals surface area contributed by atoms with Crippen LogP contribution in [0.2, 0.25) is 0 Å². The molecule has 0 unspecified atom stereocenters. The van der Waals surface area contributed by atoms with Crippen molar-refractivity contribution < 1.29 is 9.15 Å². The second-order valence-electron chi connectivity index (χ2n) is 4.25. The van der Waals surface area contributed by atoms with Crippen molar-refractivity contribution >= 4 is 12.4 Å². The highest BCUT2D eigenvalue weighted by atomic mass is 35.5. The molecule has 1 aromatic carbocycles. The van der Waals surface area contributed by atoms with E-state index in [4.69, 9.17) is 14.9 Å². The number of nitrogens with two attached hydrogens (primary N) is 1. The van der Waals surface area contributed by atoms with Gasteiger partial charge in [-0.3, -0.25) is 0 Å². The lowest BCUT2D eigenvalue weighted by molar-refractivity contribution is 0.332. The van der Waals surface area contributed by atoms with E-state index >= 15 is 0 Å². The Morgan fingerprint density at radius 3 is 2.28 bits per heavy atom. The quantitative estimate of drug-likeness (QED) is 0.908. The lowest BCUT2D eigenvalue weighted by Crippen LogP contribution is -1.92. The molecule has 4 heteroatoms. The normalized spacial score (nSPS) is 10.2. The molecule has 0 aliphatic carbocycles. The van der Waals surface area contributed by atoms with Gasteiger partial charge in [0.15, 0.2) is 0 Å². The Balaban J connectivity index is 0.00000162. The Hall–Kier alpha value is -1.45. The molecule has 2 N–H and O–H groups in total. The SMILES string of the molecule is CC(C)c1ccc(Oc2ccc(CN)o2)cc1.Cl. The van der Waals surface area contributed by atoms with Gasteiger partial charge in [0.2, 0.25) is 0 Å². The molecule has 0 radical (unpaired) electrons. The average Bonchev–Trinajstić information content (AvgIpc) is 2.77. The maximum Gasteiger partial charge on any atom is 0.290 e. The van der Waals surface area contributed by atoms with Crippen molar-refractivity contribution in [1.29, 1.82) is 0 Å². The highest BCUT2D eigenvalue weighted by Gasteiger charge is 2.04. The molecule has 18 heavy (non-hydrogen) atoms. The van der Waals surface area contributed by atoms with Gasteiger partial charge in [-0.05, 0) is 29.7 Å². The first-order chi connectivity index (χ1) is 8.19. The van der Waals surface area contributed by atoms with Crippen molar-refractivity contribution in [2.45, 2.75) is 26.3 Å². The van der Waals surface area contributed by atoms with Crippen LogP contribution in [0, 0.1) is 0 Å². The van der Waals surface area contributed by atoms with Crippen LogP contribution in [-0.4, -0.2) is 0 Å². The molecule has 98 valence electrons. The second kappa shape index (κ2) is 6.47. The third-order valence-electron chi connectivity index (χ3n) is 2.60.